The van der Waals surface area contributed by atoms with Gasteiger partial charge in [-0.05, 0) is 75.2 Å². The lowest BCUT2D eigenvalue weighted by Crippen LogP contribution is -2.48. The predicted molar refractivity (Wildman–Crippen MR) is 129 cm³/mol. The van der Waals surface area contributed by atoms with E-state index in [-0.39, 0.29) is 5.97 Å². The summed E-state index contributed by atoms with van der Waals surface area (Å²) in [5.74, 6) is 2.26. The van der Waals surface area contributed by atoms with Crippen molar-refractivity contribution in [2.75, 3.05) is 39.3 Å². The Morgan fingerprint density at radius 1 is 1.24 bits per heavy atom. The molecule has 0 radical (unpaired) electrons. The van der Waals surface area contributed by atoms with Gasteiger partial charge >= 0.3 is 5.97 Å². The molecule has 2 saturated heterocycles. The van der Waals surface area contributed by atoms with Crippen molar-refractivity contribution >= 4 is 5.97 Å². The first-order chi connectivity index (χ1) is 16.4. The van der Waals surface area contributed by atoms with Crippen LogP contribution >= 0.6 is 0 Å². The number of hydrogen-bond donors (Lipinski definition) is 2. The third-order valence-electron chi connectivity index (χ3n) is 7.91. The summed E-state index contributed by atoms with van der Waals surface area (Å²) in [6, 6.07) is 3.64. The molecule has 2 N–H and O–H groups in total. The fraction of sp³-hybridized carbons (Fsp3) is 0.593. The minimum absolute atomic E-state index is 0.277. The number of carbonyl (C=O) groups is 1. The molecule has 2 atom stereocenters. The molecule has 3 aliphatic rings. The van der Waals surface area contributed by atoms with E-state index in [1.165, 1.54) is 0 Å². The summed E-state index contributed by atoms with van der Waals surface area (Å²) in [5, 5.41) is 21.3. The minimum Gasteiger partial charge on any atom is -0.457 e. The first kappa shape index (κ1) is 24.7. The Bertz CT molecular complexity index is 964. The van der Waals surface area contributed by atoms with Crippen molar-refractivity contribution in [2.45, 2.75) is 58.5 Å². The maximum Gasteiger partial charge on any atom is 0.338 e. The van der Waals surface area contributed by atoms with Crippen LogP contribution in [-0.2, 0) is 16.1 Å². The first-order valence-corrected chi connectivity index (χ1v) is 12.3. The van der Waals surface area contributed by atoms with Crippen molar-refractivity contribution < 1.29 is 24.5 Å². The number of likely N-dealkylation sites (tertiary alicyclic amines) is 2. The molecule has 0 bridgehead atoms. The number of β-amino-alcohol motifs (C(OH)–C–C–N with tert-alkyl or cyclic N) is 1. The second-order valence-electron chi connectivity index (χ2n) is 9.73. The van der Waals surface area contributed by atoms with Crippen molar-refractivity contribution in [3.63, 3.8) is 0 Å². The van der Waals surface area contributed by atoms with Gasteiger partial charge in [-0.3, -0.25) is 0 Å². The highest BCUT2D eigenvalue weighted by Crippen LogP contribution is 2.42. The molecule has 1 aromatic carbocycles. The van der Waals surface area contributed by atoms with Gasteiger partial charge in [0.15, 0.2) is 6.29 Å². The number of allylic oxidation sites excluding steroid dienone is 1. The predicted octanol–water partition coefficient (Wildman–Crippen LogP) is 2.75. The molecule has 3 heterocycles. The van der Waals surface area contributed by atoms with E-state index in [1.807, 2.05) is 19.9 Å². The molecular formula is C27H36N2O5. The Kier molecular flexibility index (Phi) is 7.63. The molecule has 184 valence electrons. The van der Waals surface area contributed by atoms with Gasteiger partial charge in [0.2, 0.25) is 0 Å². The van der Waals surface area contributed by atoms with E-state index in [9.17, 15) is 15.0 Å². The number of fused-ring (bicyclic) bond motifs is 1. The number of ether oxygens (including phenoxy) is 2. The summed E-state index contributed by atoms with van der Waals surface area (Å²) >= 11 is 0. The SMILES string of the molecule is C#C/C=C(\C(O)OCC)N1CCC2(CCN(C[C@H](O)c3ccc4c(c3C)COC4=O)CC2)CC1. The number of hydrogen-bond acceptors (Lipinski definition) is 7. The summed E-state index contributed by atoms with van der Waals surface area (Å²) < 4.78 is 10.5. The van der Waals surface area contributed by atoms with Gasteiger partial charge in [-0.15, -0.1) is 6.42 Å². The standard InChI is InChI=1S/C27H36N2O5/c1-4-6-23(26(32)33-5-2)29-15-11-27(12-16-29)9-13-28(14-10-27)17-24(30)20-7-8-21-22(19(20)3)18-34-25(21)31/h1,6-8,24,26,30,32H,5,9-18H2,2-3H3/b23-6+/t24-,26?/m0/s1. The molecule has 34 heavy (non-hydrogen) atoms. The highest BCUT2D eigenvalue weighted by molar-refractivity contribution is 5.93. The number of esters is 1. The van der Waals surface area contributed by atoms with Crippen molar-refractivity contribution in [3.8, 4) is 12.3 Å². The summed E-state index contributed by atoms with van der Waals surface area (Å²) in [4.78, 5) is 16.3. The maximum absolute atomic E-state index is 11.8. The van der Waals surface area contributed by atoms with Gasteiger partial charge in [0.05, 0.1) is 17.4 Å². The Balaban J connectivity index is 1.31. The topological polar surface area (TPSA) is 82.5 Å². The molecule has 2 fully saturated rings. The summed E-state index contributed by atoms with van der Waals surface area (Å²) in [7, 11) is 0. The monoisotopic (exact) mass is 468 g/mol. The zero-order valence-electron chi connectivity index (χ0n) is 20.3. The van der Waals surface area contributed by atoms with Gasteiger partial charge in [-0.25, -0.2) is 4.79 Å². The summed E-state index contributed by atoms with van der Waals surface area (Å²) in [5.41, 5.74) is 4.34. The zero-order chi connectivity index (χ0) is 24.3. The van der Waals surface area contributed by atoms with Crippen LogP contribution in [0.5, 0.6) is 0 Å². The number of aliphatic hydroxyl groups excluding tert-OH is 2. The lowest BCUT2D eigenvalue weighted by atomic mass is 9.71. The van der Waals surface area contributed by atoms with E-state index in [2.05, 4.69) is 15.7 Å². The smallest absolute Gasteiger partial charge is 0.338 e. The molecule has 3 aliphatic heterocycles. The number of carbonyl (C=O) groups excluding carboxylic acids is 1. The molecule has 1 spiro atoms. The van der Waals surface area contributed by atoms with Crippen LogP contribution in [0.3, 0.4) is 0 Å². The number of benzene rings is 1. The molecule has 1 unspecified atom stereocenters. The molecule has 0 amide bonds. The Hall–Kier alpha value is -2.37. The fourth-order valence-corrected chi connectivity index (χ4v) is 5.67. The van der Waals surface area contributed by atoms with Crippen LogP contribution in [0.4, 0.5) is 0 Å². The van der Waals surface area contributed by atoms with Crippen molar-refractivity contribution in [1.29, 1.82) is 0 Å². The number of terminal acetylenes is 1. The third kappa shape index (κ3) is 5.01. The highest BCUT2D eigenvalue weighted by Gasteiger charge is 2.39. The van der Waals surface area contributed by atoms with Gasteiger partial charge in [0.1, 0.15) is 6.61 Å². The van der Waals surface area contributed by atoms with E-state index in [0.717, 1.165) is 68.6 Å². The van der Waals surface area contributed by atoms with E-state index in [1.54, 1.807) is 12.1 Å². The second-order valence-corrected chi connectivity index (χ2v) is 9.73. The summed E-state index contributed by atoms with van der Waals surface area (Å²) in [6.45, 7) is 8.76. The van der Waals surface area contributed by atoms with Crippen LogP contribution in [0.25, 0.3) is 0 Å². The van der Waals surface area contributed by atoms with Crippen LogP contribution < -0.4 is 0 Å². The number of rotatable bonds is 7. The maximum atomic E-state index is 11.8. The average molecular weight is 469 g/mol. The molecule has 7 nitrogen and oxygen atoms in total. The van der Waals surface area contributed by atoms with E-state index in [4.69, 9.17) is 15.9 Å². The van der Waals surface area contributed by atoms with Gasteiger partial charge in [-0.1, -0.05) is 12.0 Å². The van der Waals surface area contributed by atoms with Crippen LogP contribution in [0.2, 0.25) is 0 Å². The molecule has 0 aliphatic carbocycles. The molecule has 7 heteroatoms. The summed E-state index contributed by atoms with van der Waals surface area (Å²) in [6.07, 6.45) is 9.84. The lowest BCUT2D eigenvalue weighted by molar-refractivity contribution is -0.0875. The Morgan fingerprint density at radius 3 is 2.56 bits per heavy atom. The van der Waals surface area contributed by atoms with Crippen LogP contribution in [-0.4, -0.2) is 71.6 Å². The largest absolute Gasteiger partial charge is 0.457 e. The number of aliphatic hydroxyl groups is 2. The third-order valence-corrected chi connectivity index (χ3v) is 7.91. The van der Waals surface area contributed by atoms with Crippen LogP contribution in [0, 0.1) is 24.7 Å². The van der Waals surface area contributed by atoms with Crippen molar-refractivity contribution in [3.05, 3.63) is 46.2 Å². The minimum atomic E-state index is -0.981. The van der Waals surface area contributed by atoms with E-state index < -0.39 is 12.4 Å². The van der Waals surface area contributed by atoms with Gasteiger partial charge in [0, 0.05) is 37.9 Å². The lowest BCUT2D eigenvalue weighted by Gasteiger charge is -2.48. The van der Waals surface area contributed by atoms with Crippen LogP contribution in [0.15, 0.2) is 23.9 Å². The number of piperidine rings is 2. The van der Waals surface area contributed by atoms with Crippen molar-refractivity contribution in [2.24, 2.45) is 5.41 Å². The van der Waals surface area contributed by atoms with Gasteiger partial charge in [-0.2, -0.15) is 0 Å². The molecule has 4 rings (SSSR count). The normalized spacial score (nSPS) is 22.3. The molecule has 0 saturated carbocycles. The molecule has 1 aromatic rings. The fourth-order valence-electron chi connectivity index (χ4n) is 5.67. The van der Waals surface area contributed by atoms with E-state index in [0.29, 0.717) is 36.4 Å². The molecule has 0 aromatic heterocycles. The van der Waals surface area contributed by atoms with Crippen molar-refractivity contribution in [1.82, 2.24) is 9.80 Å². The number of nitrogens with zero attached hydrogens (tertiary/aromatic N) is 2. The first-order valence-electron chi connectivity index (χ1n) is 12.3. The quantitative estimate of drug-likeness (QED) is 0.362. The number of cyclic esters (lactones) is 1. The van der Waals surface area contributed by atoms with E-state index >= 15 is 0 Å². The zero-order valence-corrected chi connectivity index (χ0v) is 20.3. The van der Waals surface area contributed by atoms with Gasteiger partial charge < -0.3 is 29.5 Å². The average Bonchev–Trinajstić information content (AvgIpc) is 3.22. The Morgan fingerprint density at radius 2 is 1.91 bits per heavy atom. The molecular weight excluding hydrogens is 432 g/mol. The highest BCUT2D eigenvalue weighted by atomic mass is 16.6. The van der Waals surface area contributed by atoms with Crippen LogP contribution in [0.1, 0.15) is 65.8 Å². The Labute approximate surface area is 202 Å². The van der Waals surface area contributed by atoms with Gasteiger partial charge in [0.25, 0.3) is 0 Å². The second kappa shape index (κ2) is 10.5.